The Balaban J connectivity index is 1.40. The lowest BCUT2D eigenvalue weighted by molar-refractivity contribution is 0.0948. The van der Waals surface area contributed by atoms with E-state index in [1.54, 1.807) is 12.1 Å². The van der Waals surface area contributed by atoms with E-state index in [9.17, 15) is 0 Å². The van der Waals surface area contributed by atoms with Crippen LogP contribution in [-0.2, 0) is 6.54 Å². The number of anilines is 2. The first-order valence-corrected chi connectivity index (χ1v) is 52.0. The number of carbonyl (C=O) groups is 3. The molecule has 6 aromatic rings. The van der Waals surface area contributed by atoms with E-state index in [1.807, 2.05) is 67.6 Å². The van der Waals surface area contributed by atoms with Crippen molar-refractivity contribution in [3.8, 4) is 56.8 Å². The van der Waals surface area contributed by atoms with E-state index in [0.29, 0.717) is 102 Å². The topological polar surface area (TPSA) is 143 Å². The van der Waals surface area contributed by atoms with Crippen LogP contribution in [0.1, 0.15) is 469 Å². The molecule has 3 N–H and O–H groups in total. The van der Waals surface area contributed by atoms with Gasteiger partial charge in [-0.1, -0.05) is 449 Å². The van der Waals surface area contributed by atoms with Crippen LogP contribution in [0, 0.1) is 6.92 Å². The zero-order valence-corrected chi connectivity index (χ0v) is 80.5. The molecule has 0 radical (unpaired) electrons. The average molecular weight is 1720 g/mol. The van der Waals surface area contributed by atoms with E-state index in [2.05, 4.69) is 100.0 Å². The van der Waals surface area contributed by atoms with Crippen molar-refractivity contribution in [1.29, 1.82) is 0 Å². The second kappa shape index (κ2) is 71.5. The molecule has 0 bridgehead atoms. The molecule has 0 atom stereocenters. The van der Waals surface area contributed by atoms with Crippen LogP contribution in [0.4, 0.5) is 11.4 Å². The van der Waals surface area contributed by atoms with Gasteiger partial charge in [-0.3, -0.25) is 14.4 Å². The molecule has 12 nitrogen and oxygen atoms in total. The van der Waals surface area contributed by atoms with Gasteiger partial charge in [0, 0.05) is 34.6 Å². The number of hydrogen-bond acceptors (Lipinski definition) is 9. The summed E-state index contributed by atoms with van der Waals surface area (Å²) in [4.78, 5) is 46.6. The molecule has 698 valence electrons. The van der Waals surface area contributed by atoms with E-state index in [1.165, 1.54) is 283 Å². The van der Waals surface area contributed by atoms with Crippen molar-refractivity contribution in [2.45, 2.75) is 440 Å². The quantitative estimate of drug-likeness (QED) is 0.0318. The number of benzene rings is 6. The third-order valence-electron chi connectivity index (χ3n) is 24.9. The highest BCUT2D eigenvalue weighted by molar-refractivity contribution is 6.10. The summed E-state index contributed by atoms with van der Waals surface area (Å²) < 4.78 is 41.0. The lowest BCUT2D eigenvalue weighted by Crippen LogP contribution is -2.24. The van der Waals surface area contributed by atoms with Crippen molar-refractivity contribution in [1.82, 2.24) is 5.32 Å². The van der Waals surface area contributed by atoms with Crippen LogP contribution in [0.5, 0.6) is 34.5 Å². The first kappa shape index (κ1) is 106. The number of amides is 3. The summed E-state index contributed by atoms with van der Waals surface area (Å²) >= 11 is 0. The van der Waals surface area contributed by atoms with Crippen LogP contribution >= 0.6 is 0 Å². The van der Waals surface area contributed by atoms with Crippen molar-refractivity contribution in [2.75, 3.05) is 50.3 Å². The highest BCUT2D eigenvalue weighted by atomic mass is 16.5. The largest absolute Gasteiger partial charge is 0.490 e. The standard InChI is InChI=1S/C113H177N3O9/c1-8-14-20-26-32-38-44-50-56-68-78-120-105-89-101(90-106(121-79-69-57-51-45-39-33-27-21-15-9-2)109(105)124-82-72-60-54-48-42-36-30-24-18-12-5)112(118)115-103-87-100(111(117)114-93-95-84-98(96-74-64-62-65-75-96)86-99(85-95)97-76-66-63-67-77-97)88-104(94(103)7)116-113(119)102-91-107(122-80-70-58-52-46-40-34-28-22-16-10-3)110(125-83-73-61-55-49-43-37-31-25-19-13-6)108(92-102)123-81-71-59-53-47-41-35-29-23-17-11-4/h62-67,74-77,84-92H,8-61,68-73,78-83,93H2,1-7H3,(H,114,117)(H,115,118)(H,116,119). The second-order valence-corrected chi connectivity index (χ2v) is 36.2. The van der Waals surface area contributed by atoms with Crippen LogP contribution in [0.3, 0.4) is 0 Å². The Morgan fingerprint density at radius 2 is 0.448 bits per heavy atom. The molecule has 0 aliphatic heterocycles. The van der Waals surface area contributed by atoms with Gasteiger partial charge in [0.2, 0.25) is 11.5 Å². The molecule has 0 unspecified atom stereocenters. The van der Waals surface area contributed by atoms with Gasteiger partial charge in [0.25, 0.3) is 17.7 Å². The number of nitrogens with one attached hydrogen (secondary N) is 3. The number of hydrogen-bond donors (Lipinski definition) is 3. The van der Waals surface area contributed by atoms with Gasteiger partial charge in [0.05, 0.1) is 39.6 Å². The Hall–Kier alpha value is -7.47. The molecule has 0 fully saturated rings. The Labute approximate surface area is 763 Å². The molecule has 0 spiro atoms. The fraction of sp³-hybridized carbons (Fsp3) is 0.655. The van der Waals surface area contributed by atoms with Gasteiger partial charge in [0.15, 0.2) is 23.0 Å². The van der Waals surface area contributed by atoms with E-state index in [4.69, 9.17) is 28.4 Å². The zero-order valence-electron chi connectivity index (χ0n) is 80.5. The van der Waals surface area contributed by atoms with Crippen LogP contribution in [0.15, 0.2) is 115 Å². The van der Waals surface area contributed by atoms with Gasteiger partial charge in [0.1, 0.15) is 0 Å². The first-order valence-electron chi connectivity index (χ1n) is 52.0. The van der Waals surface area contributed by atoms with Crippen molar-refractivity contribution >= 4 is 29.1 Å². The van der Waals surface area contributed by atoms with Crippen molar-refractivity contribution < 1.29 is 42.8 Å². The predicted octanol–water partition coefficient (Wildman–Crippen LogP) is 34.6. The summed E-state index contributed by atoms with van der Waals surface area (Å²) in [7, 11) is 0. The van der Waals surface area contributed by atoms with Crippen LogP contribution in [0.25, 0.3) is 22.3 Å². The molecule has 0 aromatic heterocycles. The summed E-state index contributed by atoms with van der Waals surface area (Å²) in [6, 6.07) is 37.8. The maximum Gasteiger partial charge on any atom is 0.255 e. The molecule has 0 heterocycles. The molecule has 3 amide bonds. The van der Waals surface area contributed by atoms with Gasteiger partial charge < -0.3 is 44.4 Å². The van der Waals surface area contributed by atoms with Crippen molar-refractivity contribution in [2.24, 2.45) is 0 Å². The minimum atomic E-state index is -0.426. The third-order valence-corrected chi connectivity index (χ3v) is 24.9. The Kier molecular flexibility index (Phi) is 60.8. The fourth-order valence-corrected chi connectivity index (χ4v) is 16.9. The molecule has 12 heteroatoms. The Morgan fingerprint density at radius 1 is 0.232 bits per heavy atom. The monoisotopic (exact) mass is 1720 g/mol. The molecular weight excluding hydrogens is 1540 g/mol. The number of ether oxygens (including phenoxy) is 6. The van der Waals surface area contributed by atoms with Crippen molar-refractivity contribution in [3.05, 3.63) is 143 Å². The smallest absolute Gasteiger partial charge is 0.255 e. The second-order valence-electron chi connectivity index (χ2n) is 36.2. The summed E-state index contributed by atoms with van der Waals surface area (Å²) in [5.74, 6) is 1.77. The zero-order chi connectivity index (χ0) is 88.7. The highest BCUT2D eigenvalue weighted by Crippen LogP contribution is 2.43. The van der Waals surface area contributed by atoms with Crippen LogP contribution < -0.4 is 44.4 Å². The number of carbonyl (C=O) groups excluding carboxylic acids is 3. The lowest BCUT2D eigenvalue weighted by Gasteiger charge is -2.20. The predicted molar refractivity (Wildman–Crippen MR) is 532 cm³/mol. The van der Waals surface area contributed by atoms with Crippen molar-refractivity contribution in [3.63, 3.8) is 0 Å². The van der Waals surface area contributed by atoms with Gasteiger partial charge in [-0.05, 0) is 133 Å². The van der Waals surface area contributed by atoms with E-state index < -0.39 is 11.8 Å². The fourth-order valence-electron chi connectivity index (χ4n) is 16.9. The van der Waals surface area contributed by atoms with Crippen LogP contribution in [-0.4, -0.2) is 57.4 Å². The summed E-state index contributed by atoms with van der Waals surface area (Å²) in [6.07, 6.45) is 72.4. The molecule has 0 saturated heterocycles. The maximum atomic E-state index is 15.7. The lowest BCUT2D eigenvalue weighted by atomic mass is 9.96. The van der Waals surface area contributed by atoms with E-state index >= 15 is 14.4 Å². The maximum absolute atomic E-state index is 15.7. The van der Waals surface area contributed by atoms with Gasteiger partial charge in [-0.25, -0.2) is 0 Å². The van der Waals surface area contributed by atoms with Crippen LogP contribution in [0.2, 0.25) is 0 Å². The Morgan fingerprint density at radius 3 is 0.688 bits per heavy atom. The molecule has 6 aromatic carbocycles. The molecule has 0 aliphatic rings. The summed E-state index contributed by atoms with van der Waals surface area (Å²) in [5, 5.41) is 9.86. The summed E-state index contributed by atoms with van der Waals surface area (Å²) in [5.41, 5.74) is 7.27. The minimum Gasteiger partial charge on any atom is -0.490 e. The normalized spacial score (nSPS) is 11.3. The van der Waals surface area contributed by atoms with Gasteiger partial charge >= 0.3 is 0 Å². The number of unbranched alkanes of at least 4 members (excludes halogenated alkanes) is 54. The molecule has 125 heavy (non-hydrogen) atoms. The van der Waals surface area contributed by atoms with E-state index in [0.717, 1.165) is 131 Å². The van der Waals surface area contributed by atoms with E-state index in [-0.39, 0.29) is 18.0 Å². The SMILES string of the molecule is CCCCCCCCCCCCOc1cc(C(=O)Nc2cc(C(=O)NCc3cc(-c4ccccc4)cc(-c4ccccc4)c3)cc(NC(=O)c3cc(OCCCCCCCCCCCC)c(OCCCCCCCCCCCC)c(OCCCCCCCCCCCC)c3)c2C)cc(OCCCCCCCCCCCC)c1OCCCCCCCCCCCC. The summed E-state index contributed by atoms with van der Waals surface area (Å²) in [6.45, 7) is 18.6. The Bertz CT molecular complexity index is 3390. The average Bonchev–Trinajstić information content (AvgIpc) is 0.802. The molecule has 0 saturated carbocycles. The third kappa shape index (κ3) is 47.4. The minimum absolute atomic E-state index is 0.200. The molecule has 0 aliphatic carbocycles. The first-order chi connectivity index (χ1) is 61.6. The van der Waals surface area contributed by atoms with Gasteiger partial charge in [-0.2, -0.15) is 0 Å². The molecular formula is C113H177N3O9. The molecule has 6 rings (SSSR count). The van der Waals surface area contributed by atoms with Gasteiger partial charge in [-0.15, -0.1) is 0 Å². The highest BCUT2D eigenvalue weighted by Gasteiger charge is 2.25. The number of rotatable bonds is 81.